The van der Waals surface area contributed by atoms with Gasteiger partial charge in [-0.25, -0.2) is 4.68 Å². The number of likely N-dealkylation sites (N-methyl/N-ethyl adjacent to an activating group) is 1. The van der Waals surface area contributed by atoms with Crippen molar-refractivity contribution in [2.45, 2.75) is 37.9 Å². The molecule has 134 valence electrons. The summed E-state index contributed by atoms with van der Waals surface area (Å²) in [4.78, 5) is 23.9. The lowest BCUT2D eigenvalue weighted by molar-refractivity contribution is -0.122. The lowest BCUT2D eigenvalue weighted by Crippen LogP contribution is -2.41. The first-order valence-electron chi connectivity index (χ1n) is 8.14. The van der Waals surface area contributed by atoms with E-state index in [1.54, 1.807) is 30.1 Å². The van der Waals surface area contributed by atoms with Crippen molar-refractivity contribution in [1.82, 2.24) is 30.9 Å². The number of carbonyl (C=O) groups excluding carboxylic acids is 2. The van der Waals surface area contributed by atoms with Crippen LogP contribution in [-0.2, 0) is 10.3 Å². The molecule has 0 saturated carbocycles. The van der Waals surface area contributed by atoms with Crippen LogP contribution < -0.4 is 16.0 Å². The van der Waals surface area contributed by atoms with Gasteiger partial charge in [0.2, 0.25) is 5.91 Å². The maximum Gasteiger partial charge on any atom is 0.287 e. The Morgan fingerprint density at radius 3 is 2.92 bits per heavy atom. The third kappa shape index (κ3) is 3.55. The van der Waals surface area contributed by atoms with Crippen molar-refractivity contribution in [3.05, 3.63) is 36.0 Å². The average Bonchev–Trinajstić information content (AvgIpc) is 3.34. The zero-order valence-electron chi connectivity index (χ0n) is 14.4. The summed E-state index contributed by atoms with van der Waals surface area (Å²) in [5, 5.41) is 17.1. The zero-order valence-corrected chi connectivity index (χ0v) is 14.4. The molecule has 0 bridgehead atoms. The Labute approximate surface area is 145 Å². The lowest BCUT2D eigenvalue weighted by atomic mass is 10.0. The van der Waals surface area contributed by atoms with Gasteiger partial charge in [-0.15, -0.1) is 5.10 Å². The van der Waals surface area contributed by atoms with Gasteiger partial charge in [-0.2, -0.15) is 0 Å². The van der Waals surface area contributed by atoms with E-state index in [1.165, 1.54) is 6.26 Å². The topological polar surface area (TPSA) is 114 Å². The Hall–Kier alpha value is -2.68. The molecule has 0 unspecified atom stereocenters. The molecule has 0 spiro atoms. The Morgan fingerprint density at radius 2 is 2.24 bits per heavy atom. The smallest absolute Gasteiger partial charge is 0.287 e. The van der Waals surface area contributed by atoms with Crippen molar-refractivity contribution in [1.29, 1.82) is 0 Å². The fourth-order valence-electron chi connectivity index (χ4n) is 2.85. The van der Waals surface area contributed by atoms with Crippen LogP contribution in [-0.4, -0.2) is 46.4 Å². The van der Waals surface area contributed by atoms with E-state index in [4.69, 9.17) is 4.42 Å². The number of nitrogens with one attached hydrogen (secondary N) is 3. The molecule has 1 aliphatic heterocycles. The van der Waals surface area contributed by atoms with Crippen molar-refractivity contribution in [3.8, 4) is 0 Å². The van der Waals surface area contributed by atoms with Crippen molar-refractivity contribution < 1.29 is 14.0 Å². The first-order valence-corrected chi connectivity index (χ1v) is 8.14. The highest BCUT2D eigenvalue weighted by molar-refractivity contribution is 5.91. The first kappa shape index (κ1) is 17.2. The fraction of sp³-hybridized carbons (Fsp3) is 0.500. The largest absolute Gasteiger partial charge is 0.459 e. The molecule has 3 N–H and O–H groups in total. The second kappa shape index (κ2) is 6.67. The molecular weight excluding hydrogens is 324 g/mol. The van der Waals surface area contributed by atoms with Crippen molar-refractivity contribution in [2.24, 2.45) is 0 Å². The number of aromatic nitrogens is 3. The minimum atomic E-state index is -0.714. The predicted octanol–water partition coefficient (Wildman–Crippen LogP) is 0.185. The van der Waals surface area contributed by atoms with E-state index < -0.39 is 5.54 Å². The van der Waals surface area contributed by atoms with Crippen LogP contribution in [0.1, 0.15) is 42.6 Å². The van der Waals surface area contributed by atoms with Crippen LogP contribution in [0.2, 0.25) is 0 Å². The number of carbonyl (C=O) groups is 2. The molecule has 2 aromatic rings. The maximum absolute atomic E-state index is 12.2. The SMILES string of the molecule is CNC(=O)[C@@H]1C[C@@H](n2cc(C(C)(C)NC(=O)c3ccco3)nn2)CN1. The Kier molecular flexibility index (Phi) is 4.58. The second-order valence-corrected chi connectivity index (χ2v) is 6.60. The third-order valence-corrected chi connectivity index (χ3v) is 4.37. The minimum absolute atomic E-state index is 0.0334. The molecule has 3 heterocycles. The lowest BCUT2D eigenvalue weighted by Gasteiger charge is -2.23. The monoisotopic (exact) mass is 346 g/mol. The van der Waals surface area contributed by atoms with Crippen LogP contribution in [0.3, 0.4) is 0 Å². The van der Waals surface area contributed by atoms with Gasteiger partial charge in [0.05, 0.1) is 30.1 Å². The van der Waals surface area contributed by atoms with Gasteiger partial charge in [-0.3, -0.25) is 9.59 Å². The van der Waals surface area contributed by atoms with E-state index in [9.17, 15) is 9.59 Å². The Bertz CT molecular complexity index is 752. The molecule has 0 aromatic carbocycles. The number of amides is 2. The summed E-state index contributed by atoms with van der Waals surface area (Å²) < 4.78 is 6.85. The van der Waals surface area contributed by atoms with E-state index in [1.807, 2.05) is 13.8 Å². The highest BCUT2D eigenvalue weighted by Crippen LogP contribution is 2.23. The van der Waals surface area contributed by atoms with Gasteiger partial charge in [0.15, 0.2) is 5.76 Å². The van der Waals surface area contributed by atoms with Crippen molar-refractivity contribution in [3.63, 3.8) is 0 Å². The number of furan rings is 1. The first-order chi connectivity index (χ1) is 11.9. The van der Waals surface area contributed by atoms with Crippen molar-refractivity contribution in [2.75, 3.05) is 13.6 Å². The highest BCUT2D eigenvalue weighted by Gasteiger charge is 2.33. The van der Waals surface area contributed by atoms with E-state index in [0.29, 0.717) is 18.7 Å². The molecule has 0 aliphatic carbocycles. The molecule has 9 nitrogen and oxygen atoms in total. The minimum Gasteiger partial charge on any atom is -0.459 e. The van der Waals surface area contributed by atoms with Crippen LogP contribution in [0, 0.1) is 0 Å². The zero-order chi connectivity index (χ0) is 18.0. The fourth-order valence-corrected chi connectivity index (χ4v) is 2.85. The average molecular weight is 346 g/mol. The molecule has 9 heteroatoms. The summed E-state index contributed by atoms with van der Waals surface area (Å²) in [6.07, 6.45) is 3.90. The number of hydrogen-bond acceptors (Lipinski definition) is 6. The van der Waals surface area contributed by atoms with E-state index in [-0.39, 0.29) is 29.7 Å². The maximum atomic E-state index is 12.2. The molecule has 1 fully saturated rings. The Balaban J connectivity index is 1.68. The third-order valence-electron chi connectivity index (χ3n) is 4.37. The van der Waals surface area contributed by atoms with Crippen LogP contribution in [0.25, 0.3) is 0 Å². The van der Waals surface area contributed by atoms with Gasteiger partial charge in [0.25, 0.3) is 5.91 Å². The van der Waals surface area contributed by atoms with Crippen LogP contribution in [0.5, 0.6) is 0 Å². The van der Waals surface area contributed by atoms with Gasteiger partial charge in [-0.1, -0.05) is 5.21 Å². The number of rotatable bonds is 5. The molecule has 2 amide bonds. The quantitative estimate of drug-likeness (QED) is 0.712. The van der Waals surface area contributed by atoms with Gasteiger partial charge in [0, 0.05) is 13.6 Å². The van der Waals surface area contributed by atoms with Gasteiger partial charge >= 0.3 is 0 Å². The van der Waals surface area contributed by atoms with E-state index in [0.717, 1.165) is 0 Å². The molecule has 2 aromatic heterocycles. The molecule has 0 radical (unpaired) electrons. The van der Waals surface area contributed by atoms with E-state index >= 15 is 0 Å². The van der Waals surface area contributed by atoms with Gasteiger partial charge in [0.1, 0.15) is 5.69 Å². The summed E-state index contributed by atoms with van der Waals surface area (Å²) in [7, 11) is 1.62. The number of hydrogen-bond donors (Lipinski definition) is 3. The number of nitrogens with zero attached hydrogens (tertiary/aromatic N) is 3. The Morgan fingerprint density at radius 1 is 1.44 bits per heavy atom. The standard InChI is InChI=1S/C16H22N6O3/c1-16(2,19-15(24)12-5-4-6-25-12)13-9-22(21-20-13)10-7-11(18-8-10)14(23)17-3/h4-6,9-11,18H,7-8H2,1-3H3,(H,17,23)(H,19,24)/t10-,11+/m1/s1. The van der Waals surface area contributed by atoms with E-state index in [2.05, 4.69) is 26.3 Å². The van der Waals surface area contributed by atoms with Gasteiger partial charge in [-0.05, 0) is 32.4 Å². The van der Waals surface area contributed by atoms with Crippen molar-refractivity contribution >= 4 is 11.8 Å². The molecule has 1 aliphatic rings. The summed E-state index contributed by atoms with van der Waals surface area (Å²) >= 11 is 0. The normalized spacial score (nSPS) is 20.4. The summed E-state index contributed by atoms with van der Waals surface area (Å²) in [6.45, 7) is 4.34. The van der Waals surface area contributed by atoms with Gasteiger partial charge < -0.3 is 20.4 Å². The summed E-state index contributed by atoms with van der Waals surface area (Å²) in [6, 6.07) is 3.08. The predicted molar refractivity (Wildman–Crippen MR) is 88.7 cm³/mol. The highest BCUT2D eigenvalue weighted by atomic mass is 16.3. The molecule has 1 saturated heterocycles. The second-order valence-electron chi connectivity index (χ2n) is 6.60. The summed E-state index contributed by atoms with van der Waals surface area (Å²) in [5.41, 5.74) is -0.0789. The molecular formula is C16H22N6O3. The molecule has 2 atom stereocenters. The van der Waals surface area contributed by atoms with Crippen LogP contribution in [0.15, 0.2) is 29.0 Å². The van der Waals surface area contributed by atoms with Crippen LogP contribution >= 0.6 is 0 Å². The van der Waals surface area contributed by atoms with Crippen LogP contribution in [0.4, 0.5) is 0 Å². The molecule has 3 rings (SSSR count). The molecule has 25 heavy (non-hydrogen) atoms. The summed E-state index contributed by atoms with van der Waals surface area (Å²) in [5.74, 6) is -0.102.